The third kappa shape index (κ3) is 2.29. The van der Waals surface area contributed by atoms with Crippen LogP contribution >= 0.6 is 11.3 Å². The van der Waals surface area contributed by atoms with Crippen molar-refractivity contribution >= 4 is 11.3 Å². The second-order valence-corrected chi connectivity index (χ2v) is 4.15. The summed E-state index contributed by atoms with van der Waals surface area (Å²) >= 11 is 1.77. The molecule has 2 rings (SSSR count). The van der Waals surface area contributed by atoms with Gasteiger partial charge in [-0.25, -0.2) is 0 Å². The van der Waals surface area contributed by atoms with Crippen molar-refractivity contribution in [3.8, 4) is 10.6 Å². The van der Waals surface area contributed by atoms with Gasteiger partial charge >= 0.3 is 0 Å². The molecule has 0 saturated carbocycles. The molecule has 0 unspecified atom stereocenters. The van der Waals surface area contributed by atoms with Crippen LogP contribution in [0.2, 0.25) is 0 Å². The Labute approximate surface area is 95.6 Å². The van der Waals surface area contributed by atoms with E-state index < -0.39 is 0 Å². The van der Waals surface area contributed by atoms with Crippen molar-refractivity contribution in [3.05, 3.63) is 28.8 Å². The van der Waals surface area contributed by atoms with Crippen LogP contribution in [-0.4, -0.2) is 9.78 Å². The van der Waals surface area contributed by atoms with Gasteiger partial charge < -0.3 is 0 Å². The maximum atomic E-state index is 4.24. The second-order valence-electron chi connectivity index (χ2n) is 3.23. The predicted octanol–water partition coefficient (Wildman–Crippen LogP) is 3.79. The topological polar surface area (TPSA) is 17.8 Å². The number of aromatic nitrogens is 2. The molecule has 82 valence electrons. The standard InChI is InChI=1S/C10H12N2S.C2H6/c1-7-4-5-13-10(7)9-8(2)6-11-12(9)3;1-2/h4-6H,1-3H3;1-2H3. The highest BCUT2D eigenvalue weighted by molar-refractivity contribution is 7.13. The van der Waals surface area contributed by atoms with Gasteiger partial charge in [-0.3, -0.25) is 4.68 Å². The van der Waals surface area contributed by atoms with Crippen molar-refractivity contribution in [3.63, 3.8) is 0 Å². The van der Waals surface area contributed by atoms with Gasteiger partial charge in [0.2, 0.25) is 0 Å². The predicted molar refractivity (Wildman–Crippen MR) is 67.3 cm³/mol. The quantitative estimate of drug-likeness (QED) is 0.717. The van der Waals surface area contributed by atoms with Crippen LogP contribution in [0.3, 0.4) is 0 Å². The average molecular weight is 222 g/mol. The van der Waals surface area contributed by atoms with Crippen molar-refractivity contribution < 1.29 is 0 Å². The number of nitrogens with zero attached hydrogens (tertiary/aromatic N) is 2. The minimum atomic E-state index is 1.24. The third-order valence-electron chi connectivity index (χ3n) is 2.20. The van der Waals surface area contributed by atoms with Crippen LogP contribution in [0, 0.1) is 13.8 Å². The fourth-order valence-electron chi connectivity index (χ4n) is 1.49. The molecule has 0 amide bonds. The van der Waals surface area contributed by atoms with E-state index in [2.05, 4.69) is 30.4 Å². The molecule has 0 saturated heterocycles. The minimum absolute atomic E-state index is 1.24. The molecule has 2 aromatic heterocycles. The van der Waals surface area contributed by atoms with Gasteiger partial charge in [0.1, 0.15) is 0 Å². The Hall–Kier alpha value is -1.09. The van der Waals surface area contributed by atoms with Crippen LogP contribution in [-0.2, 0) is 7.05 Å². The molecule has 0 aliphatic rings. The number of hydrogen-bond acceptors (Lipinski definition) is 2. The summed E-state index contributed by atoms with van der Waals surface area (Å²) in [6, 6.07) is 2.15. The van der Waals surface area contributed by atoms with Gasteiger partial charge in [0.05, 0.1) is 16.8 Å². The Morgan fingerprint density at radius 2 is 1.87 bits per heavy atom. The maximum absolute atomic E-state index is 4.24. The van der Waals surface area contributed by atoms with Crippen LogP contribution in [0.4, 0.5) is 0 Å². The first-order valence-corrected chi connectivity index (χ1v) is 6.11. The molecule has 0 spiro atoms. The smallest absolute Gasteiger partial charge is 0.0810 e. The molecule has 0 aliphatic heterocycles. The molecule has 3 heteroatoms. The second kappa shape index (κ2) is 5.12. The van der Waals surface area contributed by atoms with Crippen LogP contribution in [0.1, 0.15) is 25.0 Å². The molecular formula is C12H18N2S. The number of thiophene rings is 1. The first-order chi connectivity index (χ1) is 7.20. The molecular weight excluding hydrogens is 204 g/mol. The Balaban J connectivity index is 0.000000531. The first-order valence-electron chi connectivity index (χ1n) is 5.23. The minimum Gasteiger partial charge on any atom is -0.267 e. The number of aryl methyl sites for hydroxylation is 3. The number of rotatable bonds is 1. The van der Waals surface area contributed by atoms with Crippen LogP contribution < -0.4 is 0 Å². The van der Waals surface area contributed by atoms with E-state index in [1.54, 1.807) is 11.3 Å². The molecule has 0 N–H and O–H groups in total. The average Bonchev–Trinajstić information content (AvgIpc) is 2.77. The Morgan fingerprint density at radius 1 is 1.20 bits per heavy atom. The molecule has 0 radical (unpaired) electrons. The molecule has 0 fully saturated rings. The summed E-state index contributed by atoms with van der Waals surface area (Å²) in [5.41, 5.74) is 3.82. The van der Waals surface area contributed by atoms with Gasteiger partial charge in [-0.1, -0.05) is 13.8 Å². The molecule has 2 heterocycles. The molecule has 15 heavy (non-hydrogen) atoms. The van der Waals surface area contributed by atoms with E-state index in [1.807, 2.05) is 31.8 Å². The Kier molecular flexibility index (Phi) is 4.09. The van der Waals surface area contributed by atoms with Crippen molar-refractivity contribution in [1.82, 2.24) is 9.78 Å². The highest BCUT2D eigenvalue weighted by Crippen LogP contribution is 2.30. The summed E-state index contributed by atoms with van der Waals surface area (Å²) in [6.07, 6.45) is 1.91. The fraction of sp³-hybridized carbons (Fsp3) is 0.417. The zero-order valence-corrected chi connectivity index (χ0v) is 10.9. The number of hydrogen-bond donors (Lipinski definition) is 0. The lowest BCUT2D eigenvalue weighted by Crippen LogP contribution is -1.93. The van der Waals surface area contributed by atoms with Crippen molar-refractivity contribution in [1.29, 1.82) is 0 Å². The van der Waals surface area contributed by atoms with Gasteiger partial charge in [0.25, 0.3) is 0 Å². The van der Waals surface area contributed by atoms with E-state index in [1.165, 1.54) is 21.7 Å². The van der Waals surface area contributed by atoms with E-state index in [0.717, 1.165) is 0 Å². The first kappa shape index (κ1) is 12.0. The summed E-state index contributed by atoms with van der Waals surface area (Å²) in [6.45, 7) is 8.24. The molecule has 0 aliphatic carbocycles. The monoisotopic (exact) mass is 222 g/mol. The Morgan fingerprint density at radius 3 is 2.27 bits per heavy atom. The lowest BCUT2D eigenvalue weighted by Gasteiger charge is -2.01. The summed E-state index contributed by atoms with van der Waals surface area (Å²) < 4.78 is 1.94. The highest BCUT2D eigenvalue weighted by atomic mass is 32.1. The van der Waals surface area contributed by atoms with Gasteiger partial charge in [-0.15, -0.1) is 11.3 Å². The van der Waals surface area contributed by atoms with E-state index in [9.17, 15) is 0 Å². The maximum Gasteiger partial charge on any atom is 0.0810 e. The van der Waals surface area contributed by atoms with Gasteiger partial charge in [-0.05, 0) is 36.4 Å². The molecule has 0 aromatic carbocycles. The summed E-state index contributed by atoms with van der Waals surface area (Å²) in [5, 5.41) is 6.36. The summed E-state index contributed by atoms with van der Waals surface area (Å²) in [4.78, 5) is 1.33. The molecule has 2 nitrogen and oxygen atoms in total. The fourth-order valence-corrected chi connectivity index (χ4v) is 2.56. The van der Waals surface area contributed by atoms with Crippen molar-refractivity contribution in [2.75, 3.05) is 0 Å². The molecule has 0 atom stereocenters. The summed E-state index contributed by atoms with van der Waals surface area (Å²) in [5.74, 6) is 0. The van der Waals surface area contributed by atoms with Crippen molar-refractivity contribution in [2.45, 2.75) is 27.7 Å². The van der Waals surface area contributed by atoms with E-state index in [4.69, 9.17) is 0 Å². The largest absolute Gasteiger partial charge is 0.267 e. The van der Waals surface area contributed by atoms with E-state index in [-0.39, 0.29) is 0 Å². The van der Waals surface area contributed by atoms with E-state index >= 15 is 0 Å². The van der Waals surface area contributed by atoms with Gasteiger partial charge in [0.15, 0.2) is 0 Å². The zero-order chi connectivity index (χ0) is 11.4. The third-order valence-corrected chi connectivity index (χ3v) is 3.22. The van der Waals surface area contributed by atoms with Gasteiger partial charge in [-0.2, -0.15) is 5.10 Å². The highest BCUT2D eigenvalue weighted by Gasteiger charge is 2.10. The van der Waals surface area contributed by atoms with Crippen LogP contribution in [0.15, 0.2) is 17.6 Å². The van der Waals surface area contributed by atoms with Crippen LogP contribution in [0.25, 0.3) is 10.6 Å². The normalized spacial score (nSPS) is 9.67. The Bertz CT molecular complexity index is 407. The van der Waals surface area contributed by atoms with Crippen LogP contribution in [0.5, 0.6) is 0 Å². The molecule has 2 aromatic rings. The van der Waals surface area contributed by atoms with E-state index in [0.29, 0.717) is 0 Å². The summed E-state index contributed by atoms with van der Waals surface area (Å²) in [7, 11) is 1.99. The zero-order valence-electron chi connectivity index (χ0n) is 10.0. The van der Waals surface area contributed by atoms with Gasteiger partial charge in [0, 0.05) is 7.05 Å². The lowest BCUT2D eigenvalue weighted by atomic mass is 10.2. The molecule has 0 bridgehead atoms. The lowest BCUT2D eigenvalue weighted by molar-refractivity contribution is 0.776. The van der Waals surface area contributed by atoms with Crippen molar-refractivity contribution in [2.24, 2.45) is 7.05 Å². The SMILES string of the molecule is CC.Cc1ccsc1-c1c(C)cnn1C.